The zero-order valence-electron chi connectivity index (χ0n) is 17.2. The van der Waals surface area contributed by atoms with E-state index >= 15 is 0 Å². The smallest absolute Gasteiger partial charge is 0.317 e. The van der Waals surface area contributed by atoms with Crippen LogP contribution in [0, 0.1) is 11.6 Å². The topological polar surface area (TPSA) is 35.6 Å². The first-order valence-corrected chi connectivity index (χ1v) is 10.6. The van der Waals surface area contributed by atoms with Gasteiger partial charge in [-0.2, -0.15) is 0 Å². The van der Waals surface area contributed by atoms with E-state index in [-0.39, 0.29) is 22.1 Å². The van der Waals surface area contributed by atoms with Crippen molar-refractivity contribution in [1.29, 1.82) is 0 Å². The fourth-order valence-corrected chi connectivity index (χ4v) is 4.35. The van der Waals surface area contributed by atoms with E-state index in [1.54, 1.807) is 24.1 Å². The standard InChI is InChI=1S/C22H25Cl2F2N3O/c1-13(27-22(30)29(3)17-6-8-28(2)9-7-17)18-4-5-19(21(24)20(18)23)14-10-15(25)12-16(26)11-14/h4-5,10-13,17H,6-9H2,1-3H3,(H,27,30). The number of benzene rings is 2. The van der Waals surface area contributed by atoms with Gasteiger partial charge in [0.25, 0.3) is 0 Å². The van der Waals surface area contributed by atoms with Crippen LogP contribution in [0.4, 0.5) is 13.6 Å². The Balaban J connectivity index is 1.75. The minimum Gasteiger partial charge on any atom is -0.331 e. The number of piperidine rings is 1. The lowest BCUT2D eigenvalue weighted by Gasteiger charge is -2.35. The molecule has 1 saturated heterocycles. The van der Waals surface area contributed by atoms with Gasteiger partial charge in [-0.3, -0.25) is 0 Å². The van der Waals surface area contributed by atoms with Gasteiger partial charge in [-0.25, -0.2) is 13.6 Å². The minimum atomic E-state index is -0.696. The van der Waals surface area contributed by atoms with E-state index in [0.717, 1.165) is 32.0 Å². The highest BCUT2D eigenvalue weighted by atomic mass is 35.5. The molecule has 2 amide bonds. The molecule has 2 aromatic rings. The quantitative estimate of drug-likeness (QED) is 0.638. The van der Waals surface area contributed by atoms with Gasteiger partial charge in [0.15, 0.2) is 0 Å². The summed E-state index contributed by atoms with van der Waals surface area (Å²) < 4.78 is 27.2. The molecule has 1 atom stereocenters. The van der Waals surface area contributed by atoms with Crippen LogP contribution >= 0.6 is 23.2 Å². The van der Waals surface area contributed by atoms with Crippen LogP contribution in [0.2, 0.25) is 10.0 Å². The summed E-state index contributed by atoms with van der Waals surface area (Å²) in [7, 11) is 3.88. The molecule has 0 aliphatic carbocycles. The van der Waals surface area contributed by atoms with Crippen LogP contribution in [0.1, 0.15) is 31.4 Å². The molecule has 162 valence electrons. The van der Waals surface area contributed by atoms with Crippen molar-refractivity contribution >= 4 is 29.2 Å². The zero-order valence-corrected chi connectivity index (χ0v) is 18.7. The first-order chi connectivity index (χ1) is 14.2. The van der Waals surface area contributed by atoms with Gasteiger partial charge in [-0.05, 0) is 63.2 Å². The van der Waals surface area contributed by atoms with E-state index in [1.165, 1.54) is 12.1 Å². The van der Waals surface area contributed by atoms with Gasteiger partial charge in [-0.1, -0.05) is 35.3 Å². The third-order valence-electron chi connectivity index (χ3n) is 5.65. The number of urea groups is 1. The lowest BCUT2D eigenvalue weighted by Crippen LogP contribution is -2.48. The first-order valence-electron chi connectivity index (χ1n) is 9.83. The average Bonchev–Trinajstić information content (AvgIpc) is 2.69. The SMILES string of the molecule is CC(NC(=O)N(C)C1CCN(C)CC1)c1ccc(-c2cc(F)cc(F)c2)c(Cl)c1Cl. The van der Waals surface area contributed by atoms with Crippen LogP contribution in [-0.4, -0.2) is 49.1 Å². The van der Waals surface area contributed by atoms with E-state index < -0.39 is 17.7 Å². The lowest BCUT2D eigenvalue weighted by atomic mass is 10.0. The first kappa shape index (κ1) is 22.8. The van der Waals surface area contributed by atoms with E-state index in [2.05, 4.69) is 17.3 Å². The number of halogens is 4. The summed E-state index contributed by atoms with van der Waals surface area (Å²) in [5.41, 5.74) is 1.35. The molecular formula is C22H25Cl2F2N3O. The highest BCUT2D eigenvalue weighted by molar-refractivity contribution is 6.44. The van der Waals surface area contributed by atoms with Gasteiger partial charge in [0.2, 0.25) is 0 Å². The molecule has 4 nitrogen and oxygen atoms in total. The van der Waals surface area contributed by atoms with Gasteiger partial charge in [0.1, 0.15) is 11.6 Å². The second-order valence-electron chi connectivity index (χ2n) is 7.80. The Hall–Kier alpha value is -1.89. The Morgan fingerprint density at radius 2 is 1.73 bits per heavy atom. The number of amides is 2. The molecule has 1 aliphatic heterocycles. The number of carbonyl (C=O) groups excluding carboxylic acids is 1. The summed E-state index contributed by atoms with van der Waals surface area (Å²) in [6, 6.07) is 6.18. The molecule has 0 aromatic heterocycles. The van der Waals surface area contributed by atoms with Crippen LogP contribution in [0.3, 0.4) is 0 Å². The van der Waals surface area contributed by atoms with Gasteiger partial charge in [-0.15, -0.1) is 0 Å². The monoisotopic (exact) mass is 455 g/mol. The zero-order chi connectivity index (χ0) is 22.0. The summed E-state index contributed by atoms with van der Waals surface area (Å²) in [5, 5.41) is 3.39. The van der Waals surface area contributed by atoms with Crippen LogP contribution in [-0.2, 0) is 0 Å². The third-order valence-corrected chi connectivity index (χ3v) is 6.54. The lowest BCUT2D eigenvalue weighted by molar-refractivity contribution is 0.146. The molecule has 1 aliphatic rings. The molecule has 8 heteroatoms. The maximum Gasteiger partial charge on any atom is 0.317 e. The van der Waals surface area contributed by atoms with E-state index in [4.69, 9.17) is 23.2 Å². The second kappa shape index (κ2) is 9.50. The molecule has 1 heterocycles. The number of likely N-dealkylation sites (tertiary alicyclic amines) is 1. The summed E-state index contributed by atoms with van der Waals surface area (Å²) in [5.74, 6) is -1.39. The van der Waals surface area contributed by atoms with E-state index in [0.29, 0.717) is 16.7 Å². The number of nitrogens with one attached hydrogen (secondary N) is 1. The van der Waals surface area contributed by atoms with E-state index in [1.807, 2.05) is 6.92 Å². The molecule has 30 heavy (non-hydrogen) atoms. The van der Waals surface area contributed by atoms with E-state index in [9.17, 15) is 13.6 Å². The summed E-state index contributed by atoms with van der Waals surface area (Å²) in [4.78, 5) is 16.7. The number of hydrogen-bond donors (Lipinski definition) is 1. The third kappa shape index (κ3) is 5.05. The molecule has 1 N–H and O–H groups in total. The molecule has 0 saturated carbocycles. The van der Waals surface area contributed by atoms with Crippen molar-refractivity contribution in [3.8, 4) is 11.1 Å². The molecule has 0 spiro atoms. The largest absolute Gasteiger partial charge is 0.331 e. The number of carbonyl (C=O) groups is 1. The fourth-order valence-electron chi connectivity index (χ4n) is 3.74. The van der Waals surface area contributed by atoms with Crippen LogP contribution in [0.25, 0.3) is 11.1 Å². The van der Waals surface area contributed by atoms with Crippen LogP contribution in [0.5, 0.6) is 0 Å². The van der Waals surface area contributed by atoms with Crippen LogP contribution < -0.4 is 5.32 Å². The highest BCUT2D eigenvalue weighted by Gasteiger charge is 2.25. The van der Waals surface area contributed by atoms with Gasteiger partial charge >= 0.3 is 6.03 Å². The van der Waals surface area contributed by atoms with Crippen molar-refractivity contribution in [3.05, 3.63) is 57.6 Å². The minimum absolute atomic E-state index is 0.180. The fraction of sp³-hybridized carbons (Fsp3) is 0.409. The van der Waals surface area contributed by atoms with Crippen molar-refractivity contribution in [2.24, 2.45) is 0 Å². The maximum atomic E-state index is 13.6. The summed E-state index contributed by atoms with van der Waals surface area (Å²) in [6.07, 6.45) is 1.86. The second-order valence-corrected chi connectivity index (χ2v) is 8.56. The van der Waals surface area contributed by atoms with Crippen molar-refractivity contribution in [2.75, 3.05) is 27.2 Å². The van der Waals surface area contributed by atoms with Crippen molar-refractivity contribution in [2.45, 2.75) is 31.8 Å². The Morgan fingerprint density at radius 3 is 2.33 bits per heavy atom. The molecular weight excluding hydrogens is 431 g/mol. The highest BCUT2D eigenvalue weighted by Crippen LogP contribution is 2.38. The summed E-state index contributed by atoms with van der Waals surface area (Å²) >= 11 is 12.9. The molecule has 2 aromatic carbocycles. The molecule has 0 radical (unpaired) electrons. The predicted molar refractivity (Wildman–Crippen MR) is 117 cm³/mol. The normalized spacial score (nSPS) is 16.4. The molecule has 1 unspecified atom stereocenters. The van der Waals surface area contributed by atoms with Gasteiger partial charge in [0.05, 0.1) is 16.1 Å². The van der Waals surface area contributed by atoms with Crippen molar-refractivity contribution in [3.63, 3.8) is 0 Å². The molecule has 1 fully saturated rings. The average molecular weight is 456 g/mol. The van der Waals surface area contributed by atoms with Gasteiger partial charge < -0.3 is 15.1 Å². The number of hydrogen-bond acceptors (Lipinski definition) is 2. The van der Waals surface area contributed by atoms with Crippen LogP contribution in [0.15, 0.2) is 30.3 Å². The molecule has 0 bridgehead atoms. The summed E-state index contributed by atoms with van der Waals surface area (Å²) in [6.45, 7) is 3.74. The Kier molecular flexibility index (Phi) is 7.22. The predicted octanol–water partition coefficient (Wildman–Crippen LogP) is 5.74. The molecule has 3 rings (SSSR count). The van der Waals surface area contributed by atoms with Gasteiger partial charge in [0, 0.05) is 24.7 Å². The Bertz CT molecular complexity index is 913. The Morgan fingerprint density at radius 1 is 1.13 bits per heavy atom. The number of nitrogens with zero attached hydrogens (tertiary/aromatic N) is 2. The van der Waals surface area contributed by atoms with Crippen molar-refractivity contribution < 1.29 is 13.6 Å². The Labute approximate surface area is 185 Å². The maximum absolute atomic E-state index is 13.6. The van der Waals surface area contributed by atoms with Crippen molar-refractivity contribution in [1.82, 2.24) is 15.1 Å². The number of rotatable bonds is 4.